The van der Waals surface area contributed by atoms with Crippen molar-refractivity contribution in [2.45, 2.75) is 4.90 Å². The maximum atomic E-state index is 12.0. The minimum atomic E-state index is -0.485. The van der Waals surface area contributed by atoms with Gasteiger partial charge in [-0.15, -0.1) is 11.8 Å². The van der Waals surface area contributed by atoms with Crippen LogP contribution in [0.2, 0.25) is 5.02 Å². The van der Waals surface area contributed by atoms with Crippen molar-refractivity contribution >= 4 is 40.9 Å². The highest BCUT2D eigenvalue weighted by Crippen LogP contribution is 2.21. The smallest absolute Gasteiger partial charge is 0.339 e. The lowest BCUT2D eigenvalue weighted by Gasteiger charge is -2.09. The maximum Gasteiger partial charge on any atom is 0.339 e. The Morgan fingerprint density at radius 2 is 1.82 bits per heavy atom. The first kappa shape index (κ1) is 16.4. The maximum absolute atomic E-state index is 12.0. The second-order valence-corrected chi connectivity index (χ2v) is 5.81. The van der Waals surface area contributed by atoms with E-state index in [4.69, 9.17) is 16.3 Å². The molecular weight excluding hydrogens is 322 g/mol. The van der Waals surface area contributed by atoms with E-state index in [1.54, 1.807) is 36.4 Å². The summed E-state index contributed by atoms with van der Waals surface area (Å²) in [5.74, 6) is -0.450. The largest absolute Gasteiger partial charge is 0.465 e. The molecule has 0 bridgehead atoms. The number of anilines is 1. The summed E-state index contributed by atoms with van der Waals surface area (Å²) >= 11 is 7.20. The predicted molar refractivity (Wildman–Crippen MR) is 88.6 cm³/mol. The van der Waals surface area contributed by atoms with E-state index < -0.39 is 5.97 Å². The van der Waals surface area contributed by atoms with Gasteiger partial charge in [0.05, 0.1) is 24.1 Å². The summed E-state index contributed by atoms with van der Waals surface area (Å²) in [5.41, 5.74) is 0.769. The molecular formula is C16H14ClNO3S. The molecule has 4 nitrogen and oxygen atoms in total. The van der Waals surface area contributed by atoms with Crippen LogP contribution in [0, 0.1) is 0 Å². The van der Waals surface area contributed by atoms with Crippen molar-refractivity contribution in [3.05, 3.63) is 59.1 Å². The second kappa shape index (κ2) is 7.87. The van der Waals surface area contributed by atoms with Gasteiger partial charge in [0.2, 0.25) is 5.91 Å². The molecule has 0 aliphatic rings. The SMILES string of the molecule is COC(=O)c1ccccc1NC(=O)CSc1ccc(Cl)cc1. The highest BCUT2D eigenvalue weighted by molar-refractivity contribution is 8.00. The van der Waals surface area contributed by atoms with Crippen LogP contribution >= 0.6 is 23.4 Å². The molecule has 2 aromatic carbocycles. The molecule has 0 aromatic heterocycles. The monoisotopic (exact) mass is 335 g/mol. The number of nitrogens with one attached hydrogen (secondary N) is 1. The number of benzene rings is 2. The number of thioether (sulfide) groups is 1. The molecule has 0 fully saturated rings. The molecule has 0 atom stereocenters. The molecule has 0 aliphatic carbocycles. The zero-order chi connectivity index (χ0) is 15.9. The summed E-state index contributed by atoms with van der Waals surface area (Å²) in [6.45, 7) is 0. The van der Waals surface area contributed by atoms with Gasteiger partial charge in [0.25, 0.3) is 0 Å². The minimum Gasteiger partial charge on any atom is -0.465 e. The van der Waals surface area contributed by atoms with Crippen molar-refractivity contribution in [2.75, 3.05) is 18.2 Å². The van der Waals surface area contributed by atoms with E-state index in [9.17, 15) is 9.59 Å². The summed E-state index contributed by atoms with van der Waals surface area (Å²) in [7, 11) is 1.30. The molecule has 0 unspecified atom stereocenters. The number of para-hydroxylation sites is 1. The second-order valence-electron chi connectivity index (χ2n) is 4.33. The Kier molecular flexibility index (Phi) is 5.86. The third-order valence-electron chi connectivity index (χ3n) is 2.79. The molecule has 6 heteroatoms. The van der Waals surface area contributed by atoms with Gasteiger partial charge in [0.15, 0.2) is 0 Å². The average Bonchev–Trinajstić information content (AvgIpc) is 2.54. The highest BCUT2D eigenvalue weighted by Gasteiger charge is 2.13. The van der Waals surface area contributed by atoms with Crippen LogP contribution in [-0.2, 0) is 9.53 Å². The molecule has 0 saturated carbocycles. The number of hydrogen-bond donors (Lipinski definition) is 1. The van der Waals surface area contributed by atoms with Crippen molar-refractivity contribution in [1.82, 2.24) is 0 Å². The molecule has 114 valence electrons. The third-order valence-corrected chi connectivity index (χ3v) is 4.05. The lowest BCUT2D eigenvalue weighted by molar-refractivity contribution is -0.113. The van der Waals surface area contributed by atoms with E-state index in [-0.39, 0.29) is 11.7 Å². The normalized spacial score (nSPS) is 10.1. The summed E-state index contributed by atoms with van der Waals surface area (Å²) in [5, 5.41) is 3.37. The molecule has 2 rings (SSSR count). The van der Waals surface area contributed by atoms with E-state index in [0.717, 1.165) is 4.90 Å². The number of carbonyl (C=O) groups excluding carboxylic acids is 2. The average molecular weight is 336 g/mol. The number of esters is 1. The summed E-state index contributed by atoms with van der Waals surface area (Å²) < 4.78 is 4.69. The fourth-order valence-corrected chi connectivity index (χ4v) is 2.57. The topological polar surface area (TPSA) is 55.4 Å². The van der Waals surface area contributed by atoms with Gasteiger partial charge >= 0.3 is 5.97 Å². The third kappa shape index (κ3) is 4.51. The van der Waals surface area contributed by atoms with Crippen LogP contribution in [-0.4, -0.2) is 24.7 Å². The molecule has 0 aliphatic heterocycles. The number of carbonyl (C=O) groups is 2. The lowest BCUT2D eigenvalue weighted by Crippen LogP contribution is -2.17. The van der Waals surface area contributed by atoms with Gasteiger partial charge < -0.3 is 10.1 Å². The Morgan fingerprint density at radius 1 is 1.14 bits per heavy atom. The van der Waals surface area contributed by atoms with Gasteiger partial charge in [-0.3, -0.25) is 4.79 Å². The molecule has 1 N–H and O–H groups in total. The van der Waals surface area contributed by atoms with E-state index in [1.165, 1.54) is 18.9 Å². The molecule has 0 heterocycles. The predicted octanol–water partition coefficient (Wildman–Crippen LogP) is 3.86. The van der Waals surface area contributed by atoms with E-state index in [2.05, 4.69) is 5.32 Å². The van der Waals surface area contributed by atoms with E-state index in [1.807, 2.05) is 12.1 Å². The highest BCUT2D eigenvalue weighted by atomic mass is 35.5. The standard InChI is InChI=1S/C16H14ClNO3S/c1-21-16(20)13-4-2-3-5-14(13)18-15(19)10-22-12-8-6-11(17)7-9-12/h2-9H,10H2,1H3,(H,18,19). The van der Waals surface area contributed by atoms with Crippen molar-refractivity contribution in [3.8, 4) is 0 Å². The molecule has 1 amide bonds. The molecule has 0 saturated heterocycles. The molecule has 0 radical (unpaired) electrons. The van der Waals surface area contributed by atoms with Crippen molar-refractivity contribution in [1.29, 1.82) is 0 Å². The molecule has 2 aromatic rings. The zero-order valence-electron chi connectivity index (χ0n) is 11.8. The van der Waals surface area contributed by atoms with Gasteiger partial charge in [-0.25, -0.2) is 4.79 Å². The van der Waals surface area contributed by atoms with Crippen molar-refractivity contribution in [3.63, 3.8) is 0 Å². The first-order chi connectivity index (χ1) is 10.6. The first-order valence-electron chi connectivity index (χ1n) is 6.45. The van der Waals surface area contributed by atoms with Gasteiger partial charge in [-0.05, 0) is 36.4 Å². The number of amides is 1. The quantitative estimate of drug-likeness (QED) is 0.666. The molecule has 22 heavy (non-hydrogen) atoms. The van der Waals surface area contributed by atoms with Gasteiger partial charge in [0, 0.05) is 9.92 Å². The van der Waals surface area contributed by atoms with Crippen molar-refractivity contribution < 1.29 is 14.3 Å². The van der Waals surface area contributed by atoms with Crippen LogP contribution in [0.3, 0.4) is 0 Å². The van der Waals surface area contributed by atoms with Gasteiger partial charge in [-0.2, -0.15) is 0 Å². The summed E-state index contributed by atoms with van der Waals surface area (Å²) in [6, 6.07) is 14.0. The Labute approximate surface area is 137 Å². The number of hydrogen-bond acceptors (Lipinski definition) is 4. The number of halogens is 1. The number of methoxy groups -OCH3 is 1. The van der Waals surface area contributed by atoms with Gasteiger partial charge in [0.1, 0.15) is 0 Å². The Hall–Kier alpha value is -1.98. The Bertz CT molecular complexity index is 673. The van der Waals surface area contributed by atoms with E-state index >= 15 is 0 Å². The van der Waals surface area contributed by atoms with Crippen LogP contribution in [0.4, 0.5) is 5.69 Å². The van der Waals surface area contributed by atoms with E-state index in [0.29, 0.717) is 16.3 Å². The Balaban J connectivity index is 1.97. The minimum absolute atomic E-state index is 0.198. The molecule has 0 spiro atoms. The van der Waals surface area contributed by atoms with Crippen molar-refractivity contribution in [2.24, 2.45) is 0 Å². The van der Waals surface area contributed by atoms with Crippen LogP contribution in [0.15, 0.2) is 53.4 Å². The fourth-order valence-electron chi connectivity index (χ4n) is 1.75. The first-order valence-corrected chi connectivity index (χ1v) is 7.82. The lowest BCUT2D eigenvalue weighted by atomic mass is 10.2. The number of ether oxygens (including phenoxy) is 1. The van der Waals surface area contributed by atoms with Crippen LogP contribution in [0.25, 0.3) is 0 Å². The zero-order valence-corrected chi connectivity index (χ0v) is 13.4. The number of rotatable bonds is 5. The van der Waals surface area contributed by atoms with Gasteiger partial charge in [-0.1, -0.05) is 23.7 Å². The van der Waals surface area contributed by atoms with Crippen LogP contribution < -0.4 is 5.32 Å². The summed E-state index contributed by atoms with van der Waals surface area (Å²) in [4.78, 5) is 24.6. The fraction of sp³-hybridized carbons (Fsp3) is 0.125. The van der Waals surface area contributed by atoms with Crippen LogP contribution in [0.5, 0.6) is 0 Å². The Morgan fingerprint density at radius 3 is 2.50 bits per heavy atom. The summed E-state index contributed by atoms with van der Waals surface area (Å²) in [6.07, 6.45) is 0. The van der Waals surface area contributed by atoms with Crippen LogP contribution in [0.1, 0.15) is 10.4 Å².